The van der Waals surface area contributed by atoms with Crippen LogP contribution in [0.2, 0.25) is 10.0 Å². The maximum absolute atomic E-state index is 13.9. The lowest BCUT2D eigenvalue weighted by atomic mass is 9.95. The molecular formula is C18H14Cl2FN3OS. The number of rotatable bonds is 3. The van der Waals surface area contributed by atoms with E-state index in [2.05, 4.69) is 16.0 Å². The highest BCUT2D eigenvalue weighted by Crippen LogP contribution is 2.33. The summed E-state index contributed by atoms with van der Waals surface area (Å²) in [6.45, 7) is 1.72. The van der Waals surface area contributed by atoms with Crippen molar-refractivity contribution in [2.24, 2.45) is 0 Å². The van der Waals surface area contributed by atoms with Crippen molar-refractivity contribution >= 4 is 52.1 Å². The molecule has 2 aromatic carbocycles. The number of amides is 1. The van der Waals surface area contributed by atoms with Crippen LogP contribution in [-0.2, 0) is 4.79 Å². The Kier molecular flexibility index (Phi) is 5.46. The van der Waals surface area contributed by atoms with Crippen LogP contribution in [0.3, 0.4) is 0 Å². The summed E-state index contributed by atoms with van der Waals surface area (Å²) >= 11 is 17.5. The van der Waals surface area contributed by atoms with Crippen LogP contribution in [0.25, 0.3) is 0 Å². The lowest BCUT2D eigenvalue weighted by Crippen LogP contribution is -2.45. The average Bonchev–Trinajstić information content (AvgIpc) is 2.56. The largest absolute Gasteiger partial charge is 0.351 e. The average molecular weight is 410 g/mol. The molecular weight excluding hydrogens is 396 g/mol. The minimum atomic E-state index is -0.597. The van der Waals surface area contributed by atoms with Gasteiger partial charge in [-0.25, -0.2) is 4.39 Å². The number of para-hydroxylation sites is 1. The van der Waals surface area contributed by atoms with Gasteiger partial charge in [0.25, 0.3) is 5.91 Å². The monoisotopic (exact) mass is 409 g/mol. The molecule has 2 aromatic rings. The third-order valence-corrected chi connectivity index (χ3v) is 4.69. The summed E-state index contributed by atoms with van der Waals surface area (Å²) in [5.41, 5.74) is 1.63. The molecule has 8 heteroatoms. The lowest BCUT2D eigenvalue weighted by molar-refractivity contribution is -0.113. The van der Waals surface area contributed by atoms with Crippen molar-refractivity contribution in [2.75, 3.05) is 5.32 Å². The zero-order valence-corrected chi connectivity index (χ0v) is 15.9. The molecule has 3 rings (SSSR count). The molecule has 3 N–H and O–H groups in total. The highest BCUT2D eigenvalue weighted by atomic mass is 35.5. The molecule has 26 heavy (non-hydrogen) atoms. The van der Waals surface area contributed by atoms with Crippen LogP contribution in [0.15, 0.2) is 53.7 Å². The summed E-state index contributed by atoms with van der Waals surface area (Å²) < 4.78 is 13.9. The third-order valence-electron chi connectivity index (χ3n) is 3.91. The topological polar surface area (TPSA) is 53.2 Å². The van der Waals surface area contributed by atoms with Crippen LogP contribution < -0.4 is 16.0 Å². The molecule has 0 unspecified atom stereocenters. The minimum absolute atomic E-state index is 0.0897. The lowest BCUT2D eigenvalue weighted by Gasteiger charge is -2.31. The van der Waals surface area contributed by atoms with Gasteiger partial charge in [0.2, 0.25) is 0 Å². The van der Waals surface area contributed by atoms with Crippen LogP contribution in [0, 0.1) is 5.82 Å². The van der Waals surface area contributed by atoms with Gasteiger partial charge in [-0.2, -0.15) is 0 Å². The van der Waals surface area contributed by atoms with Crippen molar-refractivity contribution in [2.45, 2.75) is 13.0 Å². The second-order valence-corrected chi connectivity index (χ2v) is 6.92. The number of allylic oxidation sites excluding steroid dienone is 1. The van der Waals surface area contributed by atoms with E-state index < -0.39 is 17.8 Å². The first-order valence-corrected chi connectivity index (χ1v) is 8.82. The van der Waals surface area contributed by atoms with Crippen molar-refractivity contribution in [3.63, 3.8) is 0 Å². The van der Waals surface area contributed by atoms with Gasteiger partial charge >= 0.3 is 0 Å². The van der Waals surface area contributed by atoms with E-state index in [-0.39, 0.29) is 5.69 Å². The summed E-state index contributed by atoms with van der Waals surface area (Å²) in [4.78, 5) is 12.9. The van der Waals surface area contributed by atoms with Gasteiger partial charge in [0.1, 0.15) is 5.82 Å². The van der Waals surface area contributed by atoms with E-state index in [1.807, 2.05) is 0 Å². The van der Waals surface area contributed by atoms with E-state index in [0.717, 1.165) is 0 Å². The number of anilines is 1. The van der Waals surface area contributed by atoms with E-state index in [9.17, 15) is 9.18 Å². The first-order chi connectivity index (χ1) is 12.4. The summed E-state index contributed by atoms with van der Waals surface area (Å²) in [7, 11) is 0. The predicted molar refractivity (Wildman–Crippen MR) is 106 cm³/mol. The summed E-state index contributed by atoms with van der Waals surface area (Å²) in [5.74, 6) is -0.987. The van der Waals surface area contributed by atoms with Crippen molar-refractivity contribution in [1.29, 1.82) is 0 Å². The highest BCUT2D eigenvalue weighted by Gasteiger charge is 2.31. The second-order valence-electron chi connectivity index (χ2n) is 5.67. The van der Waals surface area contributed by atoms with E-state index in [1.165, 1.54) is 12.1 Å². The zero-order chi connectivity index (χ0) is 18.8. The molecule has 0 saturated heterocycles. The Hall–Kier alpha value is -2.15. The minimum Gasteiger partial charge on any atom is -0.351 e. The summed E-state index contributed by atoms with van der Waals surface area (Å²) in [5, 5.41) is 9.78. The third kappa shape index (κ3) is 3.82. The van der Waals surface area contributed by atoms with Crippen LogP contribution in [0.1, 0.15) is 18.5 Å². The van der Waals surface area contributed by atoms with Gasteiger partial charge in [0, 0.05) is 15.7 Å². The Labute approximate surface area is 165 Å². The van der Waals surface area contributed by atoms with Gasteiger partial charge in [-0.15, -0.1) is 0 Å². The van der Waals surface area contributed by atoms with E-state index in [4.69, 9.17) is 35.4 Å². The smallest absolute Gasteiger partial charge is 0.255 e. The quantitative estimate of drug-likeness (QED) is 0.650. The molecule has 0 aromatic heterocycles. The van der Waals surface area contributed by atoms with E-state index >= 15 is 0 Å². The first kappa shape index (κ1) is 18.6. The summed E-state index contributed by atoms with van der Waals surface area (Å²) in [6.07, 6.45) is 0. The van der Waals surface area contributed by atoms with E-state index in [1.54, 1.807) is 37.3 Å². The Morgan fingerprint density at radius 1 is 1.23 bits per heavy atom. The van der Waals surface area contributed by atoms with Crippen molar-refractivity contribution < 1.29 is 9.18 Å². The fraction of sp³-hybridized carbons (Fsp3) is 0.111. The number of halogens is 3. The van der Waals surface area contributed by atoms with E-state index in [0.29, 0.717) is 32.0 Å². The number of hydrogen-bond donors (Lipinski definition) is 3. The summed E-state index contributed by atoms with van der Waals surface area (Å²) in [6, 6.07) is 10.3. The number of hydrogen-bond acceptors (Lipinski definition) is 2. The number of nitrogens with one attached hydrogen (secondary N) is 3. The predicted octanol–water partition coefficient (Wildman–Crippen LogP) is 4.56. The molecule has 134 valence electrons. The molecule has 0 aliphatic carbocycles. The van der Waals surface area contributed by atoms with Crippen molar-refractivity contribution in [3.8, 4) is 0 Å². The highest BCUT2D eigenvalue weighted by molar-refractivity contribution is 7.80. The number of carbonyl (C=O) groups excluding carboxylic acids is 1. The molecule has 1 aliphatic rings. The molecule has 0 bridgehead atoms. The maximum atomic E-state index is 13.9. The van der Waals surface area contributed by atoms with Gasteiger partial charge < -0.3 is 16.0 Å². The van der Waals surface area contributed by atoms with Crippen molar-refractivity contribution in [1.82, 2.24) is 10.6 Å². The van der Waals surface area contributed by atoms with Crippen LogP contribution in [0.5, 0.6) is 0 Å². The Balaban J connectivity index is 2.00. The SMILES string of the molecule is CC1=C(C(=O)Nc2ccccc2F)[C@@H](c2ccc(Cl)cc2Cl)NC(=S)N1. The molecule has 1 heterocycles. The van der Waals surface area contributed by atoms with Gasteiger partial charge in [0.05, 0.1) is 17.3 Å². The number of benzene rings is 2. The first-order valence-electron chi connectivity index (χ1n) is 7.66. The van der Waals surface area contributed by atoms with Gasteiger partial charge in [-0.1, -0.05) is 41.4 Å². The molecule has 1 atom stereocenters. The fourth-order valence-corrected chi connectivity index (χ4v) is 3.50. The zero-order valence-electron chi connectivity index (χ0n) is 13.6. The second kappa shape index (κ2) is 7.61. The molecule has 0 fully saturated rings. The van der Waals surface area contributed by atoms with Crippen molar-refractivity contribution in [3.05, 3.63) is 75.2 Å². The maximum Gasteiger partial charge on any atom is 0.255 e. The molecule has 1 amide bonds. The van der Waals surface area contributed by atoms with Crippen LogP contribution >= 0.6 is 35.4 Å². The Bertz CT molecular complexity index is 932. The van der Waals surface area contributed by atoms with Gasteiger partial charge in [0.15, 0.2) is 5.11 Å². The molecule has 0 saturated carbocycles. The molecule has 1 aliphatic heterocycles. The standard InChI is InChI=1S/C18H14Cl2FN3OS/c1-9-15(17(25)23-14-5-3-2-4-13(14)21)16(24-18(26)22-9)11-7-6-10(19)8-12(11)20/h2-8,16H,1H3,(H,23,25)(H2,22,24,26)/t16-/m1/s1. The van der Waals surface area contributed by atoms with Crippen LogP contribution in [-0.4, -0.2) is 11.0 Å². The van der Waals surface area contributed by atoms with Gasteiger partial charge in [-0.05, 0) is 49.0 Å². The number of carbonyl (C=O) groups is 1. The normalized spacial score (nSPS) is 16.8. The molecule has 0 spiro atoms. The fourth-order valence-electron chi connectivity index (χ4n) is 2.72. The van der Waals surface area contributed by atoms with Crippen LogP contribution in [0.4, 0.5) is 10.1 Å². The number of thiocarbonyl (C=S) groups is 1. The van der Waals surface area contributed by atoms with Gasteiger partial charge in [-0.3, -0.25) is 4.79 Å². The molecule has 0 radical (unpaired) electrons. The Morgan fingerprint density at radius 2 is 1.96 bits per heavy atom. The Morgan fingerprint density at radius 3 is 2.65 bits per heavy atom. The molecule has 4 nitrogen and oxygen atoms in total.